The molecule has 0 saturated carbocycles. The standard InChI is InChI=1S/C14H16ClNO2/c1-17-14-5-4-11(15)8-13(14)10(9-16)7-12-3-2-6-18-12/h2-6,8,10H,7,9,16H2,1H3. The highest BCUT2D eigenvalue weighted by molar-refractivity contribution is 6.30. The molecule has 0 radical (unpaired) electrons. The largest absolute Gasteiger partial charge is 0.496 e. The summed E-state index contributed by atoms with van der Waals surface area (Å²) in [5.41, 5.74) is 6.87. The third kappa shape index (κ3) is 2.86. The Hall–Kier alpha value is -1.45. The number of halogens is 1. The number of ether oxygens (including phenoxy) is 1. The van der Waals surface area contributed by atoms with Gasteiger partial charge in [0.15, 0.2) is 0 Å². The number of hydrogen-bond acceptors (Lipinski definition) is 3. The van der Waals surface area contributed by atoms with Gasteiger partial charge >= 0.3 is 0 Å². The van der Waals surface area contributed by atoms with E-state index < -0.39 is 0 Å². The molecule has 0 aliphatic carbocycles. The second-order valence-corrected chi connectivity index (χ2v) is 4.54. The summed E-state index contributed by atoms with van der Waals surface area (Å²) in [7, 11) is 1.65. The molecular weight excluding hydrogens is 250 g/mol. The average Bonchev–Trinajstić information content (AvgIpc) is 2.88. The lowest BCUT2D eigenvalue weighted by Gasteiger charge is -2.17. The molecule has 1 unspecified atom stereocenters. The lowest BCUT2D eigenvalue weighted by atomic mass is 9.94. The molecule has 1 atom stereocenters. The number of benzene rings is 1. The summed E-state index contributed by atoms with van der Waals surface area (Å²) < 4.78 is 10.7. The maximum atomic E-state index is 6.04. The molecule has 0 aliphatic heterocycles. The zero-order chi connectivity index (χ0) is 13.0. The molecule has 0 bridgehead atoms. The van der Waals surface area contributed by atoms with Crippen molar-refractivity contribution in [2.24, 2.45) is 5.73 Å². The van der Waals surface area contributed by atoms with Crippen molar-refractivity contribution in [1.29, 1.82) is 0 Å². The summed E-state index contributed by atoms with van der Waals surface area (Å²) >= 11 is 6.04. The van der Waals surface area contributed by atoms with Crippen LogP contribution >= 0.6 is 11.6 Å². The van der Waals surface area contributed by atoms with E-state index in [4.69, 9.17) is 26.5 Å². The van der Waals surface area contributed by atoms with Gasteiger partial charge in [-0.1, -0.05) is 11.6 Å². The minimum absolute atomic E-state index is 0.129. The number of nitrogens with two attached hydrogens (primary N) is 1. The van der Waals surface area contributed by atoms with E-state index in [9.17, 15) is 0 Å². The Morgan fingerprint density at radius 3 is 2.83 bits per heavy atom. The van der Waals surface area contributed by atoms with Crippen LogP contribution in [0.25, 0.3) is 0 Å². The Morgan fingerprint density at radius 2 is 2.22 bits per heavy atom. The van der Waals surface area contributed by atoms with Crippen LogP contribution in [-0.4, -0.2) is 13.7 Å². The molecule has 0 spiro atoms. The predicted molar refractivity (Wildman–Crippen MR) is 72.2 cm³/mol. The van der Waals surface area contributed by atoms with Gasteiger partial charge in [-0.3, -0.25) is 0 Å². The SMILES string of the molecule is COc1ccc(Cl)cc1C(CN)Cc1ccco1. The molecular formula is C14H16ClNO2. The van der Waals surface area contributed by atoms with Crippen LogP contribution in [0.3, 0.4) is 0 Å². The van der Waals surface area contributed by atoms with Crippen molar-refractivity contribution < 1.29 is 9.15 Å². The maximum Gasteiger partial charge on any atom is 0.122 e. The summed E-state index contributed by atoms with van der Waals surface area (Å²) in [5.74, 6) is 1.85. The summed E-state index contributed by atoms with van der Waals surface area (Å²) in [6.07, 6.45) is 2.40. The van der Waals surface area contributed by atoms with Crippen molar-refractivity contribution >= 4 is 11.6 Å². The first-order valence-corrected chi connectivity index (χ1v) is 6.18. The van der Waals surface area contributed by atoms with Gasteiger partial charge in [0, 0.05) is 22.9 Å². The van der Waals surface area contributed by atoms with E-state index >= 15 is 0 Å². The molecule has 18 heavy (non-hydrogen) atoms. The van der Waals surface area contributed by atoms with Crippen molar-refractivity contribution in [3.05, 3.63) is 52.9 Å². The van der Waals surface area contributed by atoms with Crippen LogP contribution in [-0.2, 0) is 6.42 Å². The fourth-order valence-electron chi connectivity index (χ4n) is 2.02. The van der Waals surface area contributed by atoms with Crippen LogP contribution in [0, 0.1) is 0 Å². The highest BCUT2D eigenvalue weighted by Gasteiger charge is 2.17. The summed E-state index contributed by atoms with van der Waals surface area (Å²) in [6, 6.07) is 9.39. The number of furan rings is 1. The lowest BCUT2D eigenvalue weighted by Crippen LogP contribution is -2.15. The fourth-order valence-corrected chi connectivity index (χ4v) is 2.20. The van der Waals surface area contributed by atoms with Crippen LogP contribution in [0.4, 0.5) is 0 Å². The van der Waals surface area contributed by atoms with E-state index in [1.165, 1.54) is 0 Å². The van der Waals surface area contributed by atoms with E-state index in [-0.39, 0.29) is 5.92 Å². The van der Waals surface area contributed by atoms with E-state index in [2.05, 4.69) is 0 Å². The second kappa shape index (κ2) is 5.94. The number of hydrogen-bond donors (Lipinski definition) is 1. The van der Waals surface area contributed by atoms with E-state index in [1.54, 1.807) is 13.4 Å². The van der Waals surface area contributed by atoms with Crippen LogP contribution in [0.5, 0.6) is 5.75 Å². The molecule has 1 aromatic heterocycles. The van der Waals surface area contributed by atoms with Crippen molar-refractivity contribution in [3.63, 3.8) is 0 Å². The maximum absolute atomic E-state index is 6.04. The van der Waals surface area contributed by atoms with Gasteiger partial charge in [0.05, 0.1) is 13.4 Å². The normalized spacial score (nSPS) is 12.4. The molecule has 2 N–H and O–H groups in total. The van der Waals surface area contributed by atoms with E-state index in [1.807, 2.05) is 30.3 Å². The molecule has 2 rings (SSSR count). The predicted octanol–water partition coefficient (Wildman–Crippen LogP) is 3.23. The average molecular weight is 266 g/mol. The van der Waals surface area contributed by atoms with Crippen LogP contribution < -0.4 is 10.5 Å². The first kappa shape index (κ1) is 13.0. The Bertz CT molecular complexity index is 497. The Morgan fingerprint density at radius 1 is 1.39 bits per heavy atom. The molecule has 0 saturated heterocycles. The van der Waals surface area contributed by atoms with Crippen LogP contribution in [0.1, 0.15) is 17.2 Å². The number of rotatable bonds is 5. The third-order valence-electron chi connectivity index (χ3n) is 2.94. The van der Waals surface area contributed by atoms with Gasteiger partial charge in [-0.05, 0) is 36.9 Å². The zero-order valence-corrected chi connectivity index (χ0v) is 11.0. The van der Waals surface area contributed by atoms with Gasteiger partial charge < -0.3 is 14.9 Å². The van der Waals surface area contributed by atoms with Gasteiger partial charge in [-0.2, -0.15) is 0 Å². The Balaban J connectivity index is 2.28. The molecule has 1 heterocycles. The highest BCUT2D eigenvalue weighted by Crippen LogP contribution is 2.31. The van der Waals surface area contributed by atoms with Crippen molar-refractivity contribution in [1.82, 2.24) is 0 Å². The quantitative estimate of drug-likeness (QED) is 0.903. The monoisotopic (exact) mass is 265 g/mol. The molecule has 4 heteroatoms. The van der Waals surface area contributed by atoms with Crippen LogP contribution in [0.2, 0.25) is 5.02 Å². The molecule has 3 nitrogen and oxygen atoms in total. The van der Waals surface area contributed by atoms with E-state index in [0.29, 0.717) is 11.6 Å². The molecule has 0 fully saturated rings. The number of methoxy groups -OCH3 is 1. The molecule has 0 amide bonds. The summed E-state index contributed by atoms with van der Waals surface area (Å²) in [5, 5.41) is 0.684. The van der Waals surface area contributed by atoms with Gasteiger partial charge in [0.2, 0.25) is 0 Å². The third-order valence-corrected chi connectivity index (χ3v) is 3.18. The van der Waals surface area contributed by atoms with Crippen LogP contribution in [0.15, 0.2) is 41.0 Å². The van der Waals surface area contributed by atoms with Gasteiger partial charge in [0.25, 0.3) is 0 Å². The lowest BCUT2D eigenvalue weighted by molar-refractivity contribution is 0.402. The smallest absolute Gasteiger partial charge is 0.122 e. The van der Waals surface area contributed by atoms with Gasteiger partial charge in [-0.15, -0.1) is 0 Å². The summed E-state index contributed by atoms with van der Waals surface area (Å²) in [6.45, 7) is 0.511. The van der Waals surface area contributed by atoms with Crippen molar-refractivity contribution in [3.8, 4) is 5.75 Å². The first-order chi connectivity index (χ1) is 8.74. The first-order valence-electron chi connectivity index (χ1n) is 5.80. The molecule has 2 aromatic rings. The molecule has 96 valence electrons. The molecule has 0 aliphatic rings. The van der Waals surface area contributed by atoms with Gasteiger partial charge in [0.1, 0.15) is 11.5 Å². The highest BCUT2D eigenvalue weighted by atomic mass is 35.5. The Labute approximate surface area is 111 Å². The molecule has 1 aromatic carbocycles. The zero-order valence-electron chi connectivity index (χ0n) is 10.2. The fraction of sp³-hybridized carbons (Fsp3) is 0.286. The summed E-state index contributed by atoms with van der Waals surface area (Å²) in [4.78, 5) is 0. The van der Waals surface area contributed by atoms with Crippen molar-refractivity contribution in [2.45, 2.75) is 12.3 Å². The Kier molecular flexibility index (Phi) is 4.28. The van der Waals surface area contributed by atoms with Gasteiger partial charge in [-0.25, -0.2) is 0 Å². The topological polar surface area (TPSA) is 48.4 Å². The minimum Gasteiger partial charge on any atom is -0.496 e. The van der Waals surface area contributed by atoms with Crippen molar-refractivity contribution in [2.75, 3.05) is 13.7 Å². The minimum atomic E-state index is 0.129. The van der Waals surface area contributed by atoms with E-state index in [0.717, 1.165) is 23.5 Å². The second-order valence-electron chi connectivity index (χ2n) is 4.10.